The molecule has 260 valence electrons. The smallest absolute Gasteiger partial charge is 0.411 e. The van der Waals surface area contributed by atoms with Gasteiger partial charge in [0.15, 0.2) is 0 Å². The van der Waals surface area contributed by atoms with Gasteiger partial charge in [0.05, 0.1) is 30.2 Å². The van der Waals surface area contributed by atoms with E-state index >= 15 is 0 Å². The van der Waals surface area contributed by atoms with Gasteiger partial charge in [0.25, 0.3) is 0 Å². The number of methoxy groups -OCH3 is 1. The molecule has 1 aliphatic heterocycles. The van der Waals surface area contributed by atoms with Crippen molar-refractivity contribution in [2.45, 2.75) is 44.4 Å². The molecule has 0 fully saturated rings. The highest BCUT2D eigenvalue weighted by Crippen LogP contribution is 2.34. The quantitative estimate of drug-likeness (QED) is 0.129. The molecule has 14 nitrogen and oxygen atoms in total. The fraction of sp³-hybridized carbons (Fsp3) is 0.222. The molecular weight excluding hydrogens is 674 g/mol. The van der Waals surface area contributed by atoms with Crippen molar-refractivity contribution in [3.8, 4) is 16.8 Å². The van der Waals surface area contributed by atoms with Crippen LogP contribution < -0.4 is 16.0 Å². The fourth-order valence-corrected chi connectivity index (χ4v) is 5.83. The maximum atomic E-state index is 13.5. The van der Waals surface area contributed by atoms with Crippen LogP contribution in [0.1, 0.15) is 48.7 Å². The van der Waals surface area contributed by atoms with Crippen LogP contribution in [0.15, 0.2) is 91.5 Å². The number of hydrogen-bond donors (Lipinski definition) is 3. The third-order valence-corrected chi connectivity index (χ3v) is 8.39. The molecule has 3 N–H and O–H groups in total. The van der Waals surface area contributed by atoms with E-state index in [0.29, 0.717) is 64.7 Å². The van der Waals surface area contributed by atoms with E-state index in [1.165, 1.54) is 24.2 Å². The van der Waals surface area contributed by atoms with Gasteiger partial charge >= 0.3 is 12.1 Å². The molecule has 3 aromatic heterocycles. The average molecular weight is 708 g/mol. The van der Waals surface area contributed by atoms with Crippen molar-refractivity contribution < 1.29 is 23.9 Å². The van der Waals surface area contributed by atoms with Crippen LogP contribution in [0.5, 0.6) is 0 Å². The summed E-state index contributed by atoms with van der Waals surface area (Å²) in [5.74, 6) is -0.777. The Morgan fingerprint density at radius 3 is 2.71 bits per heavy atom. The molecule has 0 aliphatic carbocycles. The molecule has 0 saturated heterocycles. The van der Waals surface area contributed by atoms with Crippen LogP contribution in [0.25, 0.3) is 22.9 Å². The first-order valence-electron chi connectivity index (χ1n) is 16.2. The van der Waals surface area contributed by atoms with Crippen molar-refractivity contribution in [2.75, 3.05) is 17.7 Å². The lowest BCUT2D eigenvalue weighted by Gasteiger charge is -2.24. The molecule has 0 unspecified atom stereocenters. The monoisotopic (exact) mass is 707 g/mol. The highest BCUT2D eigenvalue weighted by molar-refractivity contribution is 6.30. The van der Waals surface area contributed by atoms with Gasteiger partial charge in [0, 0.05) is 46.0 Å². The standard InChI is InChI=1S/C36H34ClN9O5/c1-50-36(49)41-26-11-12-28-23-15-17-39-32(19-23)29(43-34(47)14-9-24-18-25(37)10-13-33(24)46-22-40-44-45-46)7-2-3-8-30(42-31(28)20-26)35(48)51-21-27-6-4-5-16-38-27/h4-6,9-20,22,29-30,42H,2-3,7-8,21H2,1H3,(H,41,49)(H,43,47)/b14-9+/t29-,30+/m0/s1. The number of hydrogen-bond acceptors (Lipinski definition) is 11. The lowest BCUT2D eigenvalue weighted by Crippen LogP contribution is -2.32. The topological polar surface area (TPSA) is 175 Å². The Labute approximate surface area is 298 Å². The summed E-state index contributed by atoms with van der Waals surface area (Å²) in [4.78, 5) is 47.8. The van der Waals surface area contributed by atoms with E-state index in [2.05, 4.69) is 41.4 Å². The molecule has 0 radical (unpaired) electrons. The van der Waals surface area contributed by atoms with Crippen LogP contribution in [0.3, 0.4) is 0 Å². The first kappa shape index (κ1) is 34.7. The minimum atomic E-state index is -0.718. The van der Waals surface area contributed by atoms with Crippen molar-refractivity contribution in [3.63, 3.8) is 0 Å². The number of anilines is 2. The van der Waals surface area contributed by atoms with Gasteiger partial charge in [-0.15, -0.1) is 5.10 Å². The summed E-state index contributed by atoms with van der Waals surface area (Å²) >= 11 is 6.26. The number of carbonyl (C=O) groups is 3. The molecule has 2 atom stereocenters. The SMILES string of the molecule is COC(=O)Nc1ccc2c(c1)N[C@@H](C(=O)OCc1ccccn1)CCCC[C@H](NC(=O)/C=C/c1cc(Cl)ccc1-n1cnnn1)c1cc-2ccn1. The number of nitrogens with zero attached hydrogens (tertiary/aromatic N) is 6. The average Bonchev–Trinajstić information content (AvgIpc) is 3.69. The maximum Gasteiger partial charge on any atom is 0.411 e. The normalized spacial score (nSPS) is 15.7. The predicted octanol–water partition coefficient (Wildman–Crippen LogP) is 5.92. The third-order valence-electron chi connectivity index (χ3n) is 8.15. The minimum absolute atomic E-state index is 0.0242. The molecule has 0 spiro atoms. The number of fused-ring (bicyclic) bond motifs is 4. The van der Waals surface area contributed by atoms with Crippen LogP contribution in [-0.2, 0) is 25.7 Å². The summed E-state index contributed by atoms with van der Waals surface area (Å²) in [5, 5.41) is 21.0. The number of rotatable bonds is 8. The number of ether oxygens (including phenoxy) is 2. The van der Waals surface area contributed by atoms with Crippen molar-refractivity contribution >= 4 is 47.0 Å². The first-order chi connectivity index (χ1) is 24.9. The number of benzene rings is 2. The summed E-state index contributed by atoms with van der Waals surface area (Å²) in [6, 6.07) is 18.5. The van der Waals surface area contributed by atoms with E-state index in [1.54, 1.807) is 60.9 Å². The lowest BCUT2D eigenvalue weighted by molar-refractivity contribution is -0.146. The molecule has 15 heteroatoms. The Bertz CT molecular complexity index is 2030. The zero-order valence-corrected chi connectivity index (χ0v) is 28.3. The Morgan fingerprint density at radius 1 is 1.02 bits per heavy atom. The Hall–Kier alpha value is -6.15. The van der Waals surface area contributed by atoms with Gasteiger partial charge in [-0.1, -0.05) is 36.6 Å². The zero-order chi connectivity index (χ0) is 35.6. The number of halogens is 1. The molecule has 4 heterocycles. The third kappa shape index (κ3) is 9.10. The van der Waals surface area contributed by atoms with Crippen molar-refractivity contribution in [3.05, 3.63) is 114 Å². The van der Waals surface area contributed by atoms with Crippen molar-refractivity contribution in [1.82, 2.24) is 35.5 Å². The summed E-state index contributed by atoms with van der Waals surface area (Å²) < 4.78 is 12.0. The molecule has 5 aromatic rings. The fourth-order valence-electron chi connectivity index (χ4n) is 5.65. The summed E-state index contributed by atoms with van der Waals surface area (Å²) in [6.07, 6.45) is 9.53. The second-order valence-electron chi connectivity index (χ2n) is 11.6. The Kier molecular flexibility index (Phi) is 11.2. The number of aromatic nitrogens is 6. The number of esters is 1. The van der Waals surface area contributed by atoms with Crippen LogP contribution in [0, 0.1) is 0 Å². The number of tetrazole rings is 1. The largest absolute Gasteiger partial charge is 0.458 e. The Balaban J connectivity index is 1.27. The molecule has 0 saturated carbocycles. The summed E-state index contributed by atoms with van der Waals surface area (Å²) in [7, 11) is 1.28. The van der Waals surface area contributed by atoms with Crippen LogP contribution >= 0.6 is 11.6 Å². The van der Waals surface area contributed by atoms with Crippen LogP contribution in [0.4, 0.5) is 16.2 Å². The maximum absolute atomic E-state index is 13.5. The van der Waals surface area contributed by atoms with Crippen molar-refractivity contribution in [1.29, 1.82) is 0 Å². The van der Waals surface area contributed by atoms with E-state index < -0.39 is 24.1 Å². The van der Waals surface area contributed by atoms with Gasteiger partial charge in [-0.2, -0.15) is 4.68 Å². The van der Waals surface area contributed by atoms with Gasteiger partial charge in [0.2, 0.25) is 5.91 Å². The number of nitrogens with one attached hydrogen (secondary N) is 3. The predicted molar refractivity (Wildman–Crippen MR) is 190 cm³/mol. The summed E-state index contributed by atoms with van der Waals surface area (Å²) in [6.45, 7) is 0.0242. The zero-order valence-electron chi connectivity index (χ0n) is 27.5. The second kappa shape index (κ2) is 16.5. The molecule has 2 bridgehead atoms. The lowest BCUT2D eigenvalue weighted by atomic mass is 9.96. The number of amides is 2. The molecule has 6 rings (SSSR count). The molecular formula is C36H34ClN9O5. The first-order valence-corrected chi connectivity index (χ1v) is 16.5. The molecule has 2 aromatic carbocycles. The van der Waals surface area contributed by atoms with Crippen LogP contribution in [-0.4, -0.2) is 61.3 Å². The van der Waals surface area contributed by atoms with Crippen molar-refractivity contribution in [2.24, 2.45) is 0 Å². The van der Waals surface area contributed by atoms with E-state index in [4.69, 9.17) is 21.1 Å². The van der Waals surface area contributed by atoms with E-state index in [1.807, 2.05) is 24.3 Å². The second-order valence-corrected chi connectivity index (χ2v) is 12.0. The van der Waals surface area contributed by atoms with Gasteiger partial charge in [-0.3, -0.25) is 20.1 Å². The van der Waals surface area contributed by atoms with Crippen LogP contribution in [0.2, 0.25) is 5.02 Å². The van der Waals surface area contributed by atoms with Gasteiger partial charge in [-0.25, -0.2) is 9.59 Å². The molecule has 1 aliphatic rings. The van der Waals surface area contributed by atoms with Gasteiger partial charge in [-0.05, 0) is 89.5 Å². The van der Waals surface area contributed by atoms with E-state index in [-0.39, 0.29) is 12.5 Å². The van der Waals surface area contributed by atoms with Gasteiger partial charge in [0.1, 0.15) is 19.0 Å². The highest BCUT2D eigenvalue weighted by Gasteiger charge is 2.24. The van der Waals surface area contributed by atoms with Gasteiger partial charge < -0.3 is 20.1 Å². The van der Waals surface area contributed by atoms with E-state index in [9.17, 15) is 14.4 Å². The minimum Gasteiger partial charge on any atom is -0.458 e. The number of carbonyl (C=O) groups excluding carboxylic acids is 3. The van der Waals surface area contributed by atoms with E-state index in [0.717, 1.165) is 11.1 Å². The Morgan fingerprint density at radius 2 is 1.90 bits per heavy atom. The summed E-state index contributed by atoms with van der Waals surface area (Å²) in [5.41, 5.74) is 5.18. The molecule has 2 amide bonds. The number of pyridine rings is 2. The molecule has 51 heavy (non-hydrogen) atoms. The highest BCUT2D eigenvalue weighted by atomic mass is 35.5.